The van der Waals surface area contributed by atoms with Gasteiger partial charge in [0.15, 0.2) is 11.6 Å². The Morgan fingerprint density at radius 3 is 1.67 bits per heavy atom. The van der Waals surface area contributed by atoms with Gasteiger partial charge in [-0.15, -0.1) is 10.2 Å². The maximum Gasteiger partial charge on any atom is 0.164 e. The Morgan fingerprint density at radius 1 is 0.857 bits per heavy atom. The van der Waals surface area contributed by atoms with Crippen molar-refractivity contribution in [2.24, 2.45) is 0 Å². The van der Waals surface area contributed by atoms with Crippen LogP contribution in [0, 0.1) is 0 Å². The minimum Gasteiger partial charge on any atom is -0.303 e. The van der Waals surface area contributed by atoms with Gasteiger partial charge in [-0.1, -0.05) is 72.8 Å². The van der Waals surface area contributed by atoms with Gasteiger partial charge in [0, 0.05) is 17.7 Å². The standard InChI is InChI=1S/C18H17N3/c1-14(2)13-21-17(15-9-5-3-6-10-15)19-20-18(21)16-11-7-4-8-12-16/h3-12H,1,13H2,2H3. The second-order valence-electron chi connectivity index (χ2n) is 5.12. The maximum absolute atomic E-state index is 4.39. The van der Waals surface area contributed by atoms with Gasteiger partial charge in [0.1, 0.15) is 0 Å². The lowest BCUT2D eigenvalue weighted by Gasteiger charge is -2.10. The molecule has 21 heavy (non-hydrogen) atoms. The summed E-state index contributed by atoms with van der Waals surface area (Å²) in [6, 6.07) is 20.2. The van der Waals surface area contributed by atoms with Crippen molar-refractivity contribution < 1.29 is 0 Å². The lowest BCUT2D eigenvalue weighted by molar-refractivity contribution is 0.799. The monoisotopic (exact) mass is 275 g/mol. The lowest BCUT2D eigenvalue weighted by Crippen LogP contribution is -2.03. The number of rotatable bonds is 4. The van der Waals surface area contributed by atoms with Crippen molar-refractivity contribution >= 4 is 0 Å². The van der Waals surface area contributed by atoms with Gasteiger partial charge < -0.3 is 4.57 Å². The van der Waals surface area contributed by atoms with Crippen LogP contribution in [0.3, 0.4) is 0 Å². The molecule has 1 aromatic heterocycles. The summed E-state index contributed by atoms with van der Waals surface area (Å²) in [6.45, 7) is 6.75. The molecule has 3 aromatic rings. The maximum atomic E-state index is 4.39. The molecule has 0 saturated carbocycles. The average molecular weight is 275 g/mol. The molecule has 0 aliphatic heterocycles. The lowest BCUT2D eigenvalue weighted by atomic mass is 10.2. The Balaban J connectivity index is 2.14. The van der Waals surface area contributed by atoms with E-state index in [4.69, 9.17) is 0 Å². The van der Waals surface area contributed by atoms with E-state index in [1.54, 1.807) is 0 Å². The SMILES string of the molecule is C=C(C)Cn1c(-c2ccccc2)nnc1-c1ccccc1. The van der Waals surface area contributed by atoms with E-state index in [0.717, 1.165) is 28.3 Å². The quantitative estimate of drug-likeness (QED) is 0.668. The fourth-order valence-electron chi connectivity index (χ4n) is 2.32. The van der Waals surface area contributed by atoms with Crippen molar-refractivity contribution in [1.29, 1.82) is 0 Å². The summed E-state index contributed by atoms with van der Waals surface area (Å²) in [5.74, 6) is 1.75. The Hall–Kier alpha value is -2.68. The van der Waals surface area contributed by atoms with E-state index in [1.165, 1.54) is 0 Å². The summed E-state index contributed by atoms with van der Waals surface area (Å²) < 4.78 is 2.12. The minimum absolute atomic E-state index is 0.710. The first-order valence-electron chi connectivity index (χ1n) is 6.94. The molecule has 0 fully saturated rings. The van der Waals surface area contributed by atoms with Crippen LogP contribution in [0.1, 0.15) is 6.92 Å². The second-order valence-corrected chi connectivity index (χ2v) is 5.12. The molecule has 0 amide bonds. The van der Waals surface area contributed by atoms with Crippen molar-refractivity contribution in [3.8, 4) is 22.8 Å². The molecule has 3 rings (SSSR count). The third-order valence-corrected chi connectivity index (χ3v) is 3.24. The number of hydrogen-bond acceptors (Lipinski definition) is 2. The van der Waals surface area contributed by atoms with Crippen molar-refractivity contribution in [1.82, 2.24) is 14.8 Å². The molecule has 0 N–H and O–H groups in total. The van der Waals surface area contributed by atoms with Gasteiger partial charge >= 0.3 is 0 Å². The highest BCUT2D eigenvalue weighted by molar-refractivity contribution is 5.62. The minimum atomic E-state index is 0.710. The van der Waals surface area contributed by atoms with E-state index in [1.807, 2.05) is 67.6 Å². The van der Waals surface area contributed by atoms with Crippen LogP contribution in [0.2, 0.25) is 0 Å². The fourth-order valence-corrected chi connectivity index (χ4v) is 2.32. The van der Waals surface area contributed by atoms with Crippen molar-refractivity contribution in [2.75, 3.05) is 0 Å². The van der Waals surface area contributed by atoms with Gasteiger partial charge in [0.05, 0.1) is 0 Å². The zero-order valence-electron chi connectivity index (χ0n) is 12.0. The first-order valence-corrected chi connectivity index (χ1v) is 6.94. The predicted molar refractivity (Wildman–Crippen MR) is 85.7 cm³/mol. The van der Waals surface area contributed by atoms with Crippen LogP contribution in [-0.2, 0) is 6.54 Å². The molecule has 2 aromatic carbocycles. The zero-order valence-corrected chi connectivity index (χ0v) is 12.0. The molecule has 0 aliphatic rings. The van der Waals surface area contributed by atoms with E-state index in [9.17, 15) is 0 Å². The average Bonchev–Trinajstić information content (AvgIpc) is 2.92. The van der Waals surface area contributed by atoms with Gasteiger partial charge in [-0.3, -0.25) is 0 Å². The van der Waals surface area contributed by atoms with Crippen LogP contribution in [0.15, 0.2) is 72.8 Å². The largest absolute Gasteiger partial charge is 0.303 e. The number of benzene rings is 2. The summed E-state index contributed by atoms with van der Waals surface area (Å²) in [7, 11) is 0. The Bertz CT molecular complexity index is 686. The van der Waals surface area contributed by atoms with Crippen LogP contribution < -0.4 is 0 Å². The van der Waals surface area contributed by atoms with Crippen LogP contribution in [0.25, 0.3) is 22.8 Å². The van der Waals surface area contributed by atoms with Gasteiger partial charge in [-0.25, -0.2) is 0 Å². The molecule has 0 spiro atoms. The Kier molecular flexibility index (Phi) is 3.65. The van der Waals surface area contributed by atoms with Crippen LogP contribution >= 0.6 is 0 Å². The molecule has 0 radical (unpaired) electrons. The topological polar surface area (TPSA) is 30.7 Å². The molecule has 104 valence electrons. The Morgan fingerprint density at radius 2 is 1.29 bits per heavy atom. The normalized spacial score (nSPS) is 10.5. The van der Waals surface area contributed by atoms with E-state index in [0.29, 0.717) is 6.54 Å². The number of aromatic nitrogens is 3. The fraction of sp³-hybridized carbons (Fsp3) is 0.111. The zero-order chi connectivity index (χ0) is 14.7. The highest BCUT2D eigenvalue weighted by atomic mass is 15.3. The smallest absolute Gasteiger partial charge is 0.164 e. The summed E-state index contributed by atoms with van der Waals surface area (Å²) in [5, 5.41) is 8.78. The van der Waals surface area contributed by atoms with E-state index in [2.05, 4.69) is 21.3 Å². The molecule has 0 unspecified atom stereocenters. The van der Waals surface area contributed by atoms with Crippen molar-refractivity contribution in [3.63, 3.8) is 0 Å². The summed E-state index contributed by atoms with van der Waals surface area (Å²) >= 11 is 0. The number of allylic oxidation sites excluding steroid dienone is 1. The van der Waals surface area contributed by atoms with Crippen molar-refractivity contribution in [3.05, 3.63) is 72.8 Å². The molecule has 0 aliphatic carbocycles. The molecular weight excluding hydrogens is 258 g/mol. The highest BCUT2D eigenvalue weighted by Crippen LogP contribution is 2.25. The molecule has 3 heteroatoms. The third kappa shape index (κ3) is 2.77. The van der Waals surface area contributed by atoms with E-state index < -0.39 is 0 Å². The van der Waals surface area contributed by atoms with E-state index in [-0.39, 0.29) is 0 Å². The van der Waals surface area contributed by atoms with Gasteiger partial charge in [-0.2, -0.15) is 0 Å². The second kappa shape index (κ2) is 5.75. The molecule has 1 heterocycles. The highest BCUT2D eigenvalue weighted by Gasteiger charge is 2.14. The van der Waals surface area contributed by atoms with Gasteiger partial charge in [0.2, 0.25) is 0 Å². The van der Waals surface area contributed by atoms with Crippen LogP contribution in [-0.4, -0.2) is 14.8 Å². The van der Waals surface area contributed by atoms with E-state index >= 15 is 0 Å². The van der Waals surface area contributed by atoms with Gasteiger partial charge in [-0.05, 0) is 6.92 Å². The van der Waals surface area contributed by atoms with Crippen LogP contribution in [0.5, 0.6) is 0 Å². The molecule has 3 nitrogen and oxygen atoms in total. The number of hydrogen-bond donors (Lipinski definition) is 0. The van der Waals surface area contributed by atoms with Crippen LogP contribution in [0.4, 0.5) is 0 Å². The molecule has 0 atom stereocenters. The summed E-state index contributed by atoms with van der Waals surface area (Å²) in [5.41, 5.74) is 3.20. The number of nitrogens with zero attached hydrogens (tertiary/aromatic N) is 3. The third-order valence-electron chi connectivity index (χ3n) is 3.24. The summed E-state index contributed by atoms with van der Waals surface area (Å²) in [6.07, 6.45) is 0. The Labute approximate surface area is 124 Å². The molecule has 0 bridgehead atoms. The first-order chi connectivity index (χ1) is 10.3. The summed E-state index contributed by atoms with van der Waals surface area (Å²) in [4.78, 5) is 0. The van der Waals surface area contributed by atoms with Gasteiger partial charge in [0.25, 0.3) is 0 Å². The van der Waals surface area contributed by atoms with Crippen molar-refractivity contribution in [2.45, 2.75) is 13.5 Å². The predicted octanol–water partition coefficient (Wildman–Crippen LogP) is 4.19. The first kappa shape index (κ1) is 13.3. The molecule has 0 saturated heterocycles. The molecular formula is C18H17N3.